The Bertz CT molecular complexity index is 1280. The van der Waals surface area contributed by atoms with Gasteiger partial charge in [-0.25, -0.2) is 14.5 Å². The summed E-state index contributed by atoms with van der Waals surface area (Å²) in [7, 11) is 0. The fourth-order valence-electron chi connectivity index (χ4n) is 3.39. The zero-order valence-electron chi connectivity index (χ0n) is 16.9. The first kappa shape index (κ1) is 19.3. The van der Waals surface area contributed by atoms with Crippen LogP contribution in [0.15, 0.2) is 30.5 Å². The average Bonchev–Trinajstić information content (AvgIpc) is 3.34. The lowest BCUT2D eigenvalue weighted by Crippen LogP contribution is -2.14. The van der Waals surface area contributed by atoms with Crippen LogP contribution in [0.1, 0.15) is 34.8 Å². The zero-order valence-corrected chi connectivity index (χ0v) is 16.9. The number of carbonyl (C=O) groups is 1. The largest absolute Gasteiger partial charge is 0.326 e. The molecule has 3 aromatic heterocycles. The number of anilines is 1. The number of nitrogens with one attached hydrogen (secondary N) is 2. The molecule has 1 aromatic carbocycles. The molecule has 150 valence electrons. The molecule has 30 heavy (non-hydrogen) atoms. The Morgan fingerprint density at radius 3 is 2.63 bits per heavy atom. The van der Waals surface area contributed by atoms with E-state index in [2.05, 4.69) is 36.7 Å². The van der Waals surface area contributed by atoms with Crippen LogP contribution in [0.3, 0.4) is 0 Å². The van der Waals surface area contributed by atoms with Gasteiger partial charge < -0.3 is 5.32 Å². The first-order valence-electron chi connectivity index (χ1n) is 9.49. The summed E-state index contributed by atoms with van der Waals surface area (Å²) < 4.78 is 1.66. The SMILES string of the molecule is Cc1nc(-c2ccc(NC(=O)CCc3c(C)nc4c(C#N)cnn4c3C)cc2)n[nH]1. The molecule has 3 heterocycles. The lowest BCUT2D eigenvalue weighted by atomic mass is 10.1. The third kappa shape index (κ3) is 3.63. The van der Waals surface area contributed by atoms with E-state index >= 15 is 0 Å². The molecule has 0 bridgehead atoms. The van der Waals surface area contributed by atoms with Crippen molar-refractivity contribution in [2.45, 2.75) is 33.6 Å². The Labute approximate surface area is 172 Å². The molecule has 0 saturated carbocycles. The smallest absolute Gasteiger partial charge is 0.224 e. The normalized spacial score (nSPS) is 10.9. The summed E-state index contributed by atoms with van der Waals surface area (Å²) in [6.45, 7) is 5.65. The maximum absolute atomic E-state index is 12.5. The minimum Gasteiger partial charge on any atom is -0.326 e. The molecule has 0 saturated heterocycles. The molecule has 4 aromatic rings. The minimum absolute atomic E-state index is 0.0893. The van der Waals surface area contributed by atoms with Crippen LogP contribution < -0.4 is 5.32 Å². The molecule has 1 amide bonds. The van der Waals surface area contributed by atoms with Gasteiger partial charge in [0.15, 0.2) is 11.5 Å². The van der Waals surface area contributed by atoms with Crippen LogP contribution in [-0.2, 0) is 11.2 Å². The van der Waals surface area contributed by atoms with E-state index in [1.807, 2.05) is 45.0 Å². The van der Waals surface area contributed by atoms with Crippen molar-refractivity contribution in [1.29, 1.82) is 5.26 Å². The lowest BCUT2D eigenvalue weighted by molar-refractivity contribution is -0.116. The molecule has 0 unspecified atom stereocenters. The van der Waals surface area contributed by atoms with Crippen LogP contribution in [0.2, 0.25) is 0 Å². The molecule has 2 N–H and O–H groups in total. The second-order valence-corrected chi connectivity index (χ2v) is 7.04. The lowest BCUT2D eigenvalue weighted by Gasteiger charge is -2.11. The molecule has 0 aliphatic carbocycles. The zero-order chi connectivity index (χ0) is 21.3. The van der Waals surface area contributed by atoms with Gasteiger partial charge in [0.25, 0.3) is 0 Å². The van der Waals surface area contributed by atoms with Gasteiger partial charge in [-0.05, 0) is 57.0 Å². The molecule has 4 rings (SSSR count). The van der Waals surface area contributed by atoms with Crippen molar-refractivity contribution in [1.82, 2.24) is 29.8 Å². The molecule has 0 atom stereocenters. The average molecular weight is 400 g/mol. The van der Waals surface area contributed by atoms with E-state index in [0.29, 0.717) is 35.6 Å². The number of hydrogen-bond donors (Lipinski definition) is 2. The molecular formula is C21H20N8O. The monoisotopic (exact) mass is 400 g/mol. The Morgan fingerprint density at radius 1 is 1.20 bits per heavy atom. The Kier molecular flexibility index (Phi) is 4.98. The number of nitriles is 1. The minimum atomic E-state index is -0.0893. The van der Waals surface area contributed by atoms with E-state index < -0.39 is 0 Å². The molecule has 9 heteroatoms. The molecule has 0 aliphatic rings. The van der Waals surface area contributed by atoms with Gasteiger partial charge in [-0.15, -0.1) is 0 Å². The van der Waals surface area contributed by atoms with Crippen LogP contribution >= 0.6 is 0 Å². The number of rotatable bonds is 5. The summed E-state index contributed by atoms with van der Waals surface area (Å²) in [5, 5.41) is 23.3. The van der Waals surface area contributed by atoms with Crippen LogP contribution in [0.5, 0.6) is 0 Å². The van der Waals surface area contributed by atoms with Crippen molar-refractivity contribution in [3.8, 4) is 17.5 Å². The molecule has 9 nitrogen and oxygen atoms in total. The van der Waals surface area contributed by atoms with Gasteiger partial charge in [-0.1, -0.05) is 0 Å². The number of aryl methyl sites for hydroxylation is 3. The maximum Gasteiger partial charge on any atom is 0.224 e. The highest BCUT2D eigenvalue weighted by Crippen LogP contribution is 2.20. The van der Waals surface area contributed by atoms with Crippen LogP contribution in [0, 0.1) is 32.1 Å². The van der Waals surface area contributed by atoms with Crippen LogP contribution in [-0.4, -0.2) is 35.7 Å². The van der Waals surface area contributed by atoms with E-state index in [0.717, 1.165) is 28.3 Å². The first-order valence-corrected chi connectivity index (χ1v) is 9.49. The number of amides is 1. The highest BCUT2D eigenvalue weighted by atomic mass is 16.1. The van der Waals surface area contributed by atoms with E-state index in [-0.39, 0.29) is 5.91 Å². The van der Waals surface area contributed by atoms with Crippen molar-refractivity contribution in [3.63, 3.8) is 0 Å². The van der Waals surface area contributed by atoms with Gasteiger partial charge in [-0.3, -0.25) is 9.89 Å². The van der Waals surface area contributed by atoms with E-state index in [9.17, 15) is 10.1 Å². The number of H-pyrrole nitrogens is 1. The predicted molar refractivity (Wildman–Crippen MR) is 111 cm³/mol. The number of carbonyl (C=O) groups excluding carboxylic acids is 1. The fourth-order valence-corrected chi connectivity index (χ4v) is 3.39. The number of aromatic nitrogens is 6. The number of nitrogens with zero attached hydrogens (tertiary/aromatic N) is 6. The Morgan fingerprint density at radius 2 is 1.97 bits per heavy atom. The van der Waals surface area contributed by atoms with Gasteiger partial charge >= 0.3 is 0 Å². The highest BCUT2D eigenvalue weighted by molar-refractivity contribution is 5.91. The third-order valence-electron chi connectivity index (χ3n) is 4.96. The summed E-state index contributed by atoms with van der Waals surface area (Å²) in [5.41, 5.74) is 5.22. The molecule has 0 fully saturated rings. The van der Waals surface area contributed by atoms with Gasteiger partial charge in [-0.2, -0.15) is 15.5 Å². The summed E-state index contributed by atoms with van der Waals surface area (Å²) in [5.74, 6) is 1.28. The van der Waals surface area contributed by atoms with Gasteiger partial charge in [0.1, 0.15) is 17.5 Å². The van der Waals surface area contributed by atoms with E-state index in [4.69, 9.17) is 0 Å². The Hall–Kier alpha value is -4.06. The number of hydrogen-bond acceptors (Lipinski definition) is 6. The first-order chi connectivity index (χ1) is 14.5. The van der Waals surface area contributed by atoms with Crippen molar-refractivity contribution < 1.29 is 4.79 Å². The highest BCUT2D eigenvalue weighted by Gasteiger charge is 2.15. The third-order valence-corrected chi connectivity index (χ3v) is 4.96. The number of benzene rings is 1. The van der Waals surface area contributed by atoms with Crippen LogP contribution in [0.4, 0.5) is 5.69 Å². The van der Waals surface area contributed by atoms with Crippen molar-refractivity contribution >= 4 is 17.2 Å². The standard InChI is InChI=1S/C21H20N8O/c1-12-18(13(2)29-21(24-12)16(10-22)11-23-29)8-9-19(30)26-17-6-4-15(5-7-17)20-25-14(3)27-28-20/h4-7,11H,8-9H2,1-3H3,(H,26,30)(H,25,27,28). The quantitative estimate of drug-likeness (QED) is 0.531. The van der Waals surface area contributed by atoms with E-state index in [1.165, 1.54) is 6.20 Å². The van der Waals surface area contributed by atoms with Crippen molar-refractivity contribution in [3.05, 3.63) is 58.8 Å². The second kappa shape index (κ2) is 7.75. The molecule has 0 radical (unpaired) electrons. The summed E-state index contributed by atoms with van der Waals surface area (Å²) >= 11 is 0. The predicted octanol–water partition coefficient (Wildman–Crippen LogP) is 2.88. The summed E-state index contributed by atoms with van der Waals surface area (Å²) in [6, 6.07) is 9.50. The second-order valence-electron chi connectivity index (χ2n) is 7.04. The summed E-state index contributed by atoms with van der Waals surface area (Å²) in [6.07, 6.45) is 2.35. The number of fused-ring (bicyclic) bond motifs is 1. The van der Waals surface area contributed by atoms with Crippen molar-refractivity contribution in [2.24, 2.45) is 0 Å². The van der Waals surface area contributed by atoms with Crippen LogP contribution in [0.25, 0.3) is 17.0 Å². The summed E-state index contributed by atoms with van der Waals surface area (Å²) in [4.78, 5) is 21.2. The maximum atomic E-state index is 12.5. The number of aromatic amines is 1. The molecular weight excluding hydrogens is 380 g/mol. The Balaban J connectivity index is 1.43. The topological polar surface area (TPSA) is 125 Å². The van der Waals surface area contributed by atoms with Gasteiger partial charge in [0.2, 0.25) is 5.91 Å². The molecule has 0 aliphatic heterocycles. The van der Waals surface area contributed by atoms with E-state index in [1.54, 1.807) is 4.52 Å². The van der Waals surface area contributed by atoms with Crippen molar-refractivity contribution in [2.75, 3.05) is 5.32 Å². The fraction of sp³-hybridized carbons (Fsp3) is 0.238. The van der Waals surface area contributed by atoms with Gasteiger partial charge in [0.05, 0.1) is 6.20 Å². The van der Waals surface area contributed by atoms with Gasteiger partial charge in [0, 0.05) is 29.1 Å². The molecule has 0 spiro atoms.